The Kier molecular flexibility index (Phi) is 6.35. The molecule has 1 amide bonds. The zero-order valence-corrected chi connectivity index (χ0v) is 15.8. The number of hydrogen-bond donors (Lipinski definition) is 2. The average molecular weight is 430 g/mol. The second-order valence-corrected chi connectivity index (χ2v) is 8.71. The number of carbonyl (C=O) groups excluding carboxylic acids is 1. The van der Waals surface area contributed by atoms with Gasteiger partial charge in [-0.05, 0) is 18.2 Å². The van der Waals surface area contributed by atoms with Crippen molar-refractivity contribution in [3.05, 3.63) is 44.2 Å². The summed E-state index contributed by atoms with van der Waals surface area (Å²) in [6.45, 7) is -0.136. The Morgan fingerprint density at radius 1 is 1.17 bits per heavy atom. The fraction of sp³-hybridized carbons (Fsp3) is 0.154. The molecule has 0 radical (unpaired) electrons. The molecule has 0 atom stereocenters. The predicted molar refractivity (Wildman–Crippen MR) is 94.5 cm³/mol. The summed E-state index contributed by atoms with van der Waals surface area (Å²) in [4.78, 5) is 12.4. The maximum atomic E-state index is 11.8. The fourth-order valence-electron chi connectivity index (χ4n) is 1.60. The molecule has 2 aromatic rings. The van der Waals surface area contributed by atoms with Crippen LogP contribution in [0.4, 0.5) is 0 Å². The van der Waals surface area contributed by atoms with E-state index in [1.807, 2.05) is 0 Å². The Bertz CT molecular complexity index is 868. The highest BCUT2D eigenvalue weighted by Gasteiger charge is 2.12. The van der Waals surface area contributed by atoms with E-state index in [2.05, 4.69) is 5.32 Å². The minimum Gasteiger partial charge on any atom is -0.482 e. The lowest BCUT2D eigenvalue weighted by Gasteiger charge is -2.09. The smallest absolute Gasteiger partial charge is 0.258 e. The van der Waals surface area contributed by atoms with Crippen LogP contribution in [0.1, 0.15) is 4.88 Å². The van der Waals surface area contributed by atoms with E-state index in [1.165, 1.54) is 18.2 Å². The van der Waals surface area contributed by atoms with Crippen LogP contribution in [0.25, 0.3) is 0 Å². The topological polar surface area (TPSA) is 98.5 Å². The zero-order valence-electron chi connectivity index (χ0n) is 11.9. The summed E-state index contributed by atoms with van der Waals surface area (Å²) >= 11 is 18.6. The molecular formula is C13H11Cl3N2O4S2. The van der Waals surface area contributed by atoms with E-state index in [1.54, 1.807) is 6.07 Å². The molecule has 0 saturated heterocycles. The third-order valence-electron chi connectivity index (χ3n) is 2.71. The minimum atomic E-state index is -3.74. The Hall–Kier alpha value is -1.03. The summed E-state index contributed by atoms with van der Waals surface area (Å²) in [5.74, 6) is -0.184. The van der Waals surface area contributed by atoms with Crippen LogP contribution in [-0.4, -0.2) is 20.9 Å². The van der Waals surface area contributed by atoms with Crippen molar-refractivity contribution < 1.29 is 17.9 Å². The van der Waals surface area contributed by atoms with Gasteiger partial charge in [0.25, 0.3) is 5.91 Å². The van der Waals surface area contributed by atoms with Gasteiger partial charge >= 0.3 is 0 Å². The second-order valence-electron chi connectivity index (χ2n) is 4.53. The number of nitrogens with two attached hydrogens (primary N) is 1. The third kappa shape index (κ3) is 5.23. The molecule has 1 aromatic heterocycles. The molecule has 0 aliphatic carbocycles. The Morgan fingerprint density at radius 2 is 1.83 bits per heavy atom. The van der Waals surface area contributed by atoms with Crippen LogP contribution in [-0.2, 0) is 21.4 Å². The highest BCUT2D eigenvalue weighted by molar-refractivity contribution is 7.91. The van der Waals surface area contributed by atoms with Gasteiger partial charge in [0, 0.05) is 10.9 Å². The molecule has 11 heteroatoms. The van der Waals surface area contributed by atoms with Gasteiger partial charge in [-0.15, -0.1) is 11.3 Å². The number of amides is 1. The van der Waals surface area contributed by atoms with E-state index >= 15 is 0 Å². The van der Waals surface area contributed by atoms with Crippen LogP contribution >= 0.6 is 46.1 Å². The van der Waals surface area contributed by atoms with E-state index in [-0.39, 0.29) is 38.2 Å². The minimum absolute atomic E-state index is 0.0330. The van der Waals surface area contributed by atoms with Crippen LogP contribution in [0.15, 0.2) is 28.5 Å². The van der Waals surface area contributed by atoms with Crippen molar-refractivity contribution in [1.29, 1.82) is 0 Å². The molecule has 0 bridgehead atoms. The molecule has 0 fully saturated rings. The molecule has 0 aliphatic rings. The normalized spacial score (nSPS) is 11.3. The average Bonchev–Trinajstić information content (AvgIpc) is 2.96. The van der Waals surface area contributed by atoms with Crippen LogP contribution in [0.5, 0.6) is 5.75 Å². The Balaban J connectivity index is 1.88. The van der Waals surface area contributed by atoms with Gasteiger partial charge in [0.1, 0.15) is 9.96 Å². The summed E-state index contributed by atoms with van der Waals surface area (Å²) in [7, 11) is -3.74. The lowest BCUT2D eigenvalue weighted by Crippen LogP contribution is -2.28. The third-order valence-corrected chi connectivity index (χ3v) is 6.25. The standard InChI is InChI=1S/C13H11Cl3N2O4S2/c14-8-3-10(16)11(4-9(8)15)22-6-12(19)18-5-7-1-2-13(23-7)24(17,20)21/h1-4H,5-6H2,(H,18,19)(H2,17,20,21). The largest absolute Gasteiger partial charge is 0.482 e. The maximum absolute atomic E-state index is 11.8. The number of thiophene rings is 1. The molecule has 6 nitrogen and oxygen atoms in total. The Morgan fingerprint density at radius 3 is 2.46 bits per heavy atom. The second kappa shape index (κ2) is 7.90. The summed E-state index contributed by atoms with van der Waals surface area (Å²) in [5, 5.41) is 8.37. The number of nitrogens with one attached hydrogen (secondary N) is 1. The van der Waals surface area contributed by atoms with Crippen molar-refractivity contribution in [2.45, 2.75) is 10.8 Å². The van der Waals surface area contributed by atoms with Crippen molar-refractivity contribution in [2.75, 3.05) is 6.61 Å². The zero-order chi connectivity index (χ0) is 17.9. The highest BCUT2D eigenvalue weighted by atomic mass is 35.5. The number of benzene rings is 1. The fourth-order valence-corrected chi connectivity index (χ4v) is 3.91. The van der Waals surface area contributed by atoms with Crippen molar-refractivity contribution in [1.82, 2.24) is 5.32 Å². The first-order chi connectivity index (χ1) is 11.2. The number of ether oxygens (including phenoxy) is 1. The summed E-state index contributed by atoms with van der Waals surface area (Å²) in [5.41, 5.74) is 0. The number of hydrogen-bond acceptors (Lipinski definition) is 5. The van der Waals surface area contributed by atoms with Gasteiger partial charge < -0.3 is 10.1 Å². The first-order valence-corrected chi connectivity index (χ1v) is 9.82. The molecule has 24 heavy (non-hydrogen) atoms. The number of carbonyl (C=O) groups is 1. The molecule has 0 spiro atoms. The van der Waals surface area contributed by atoms with Gasteiger partial charge in [0.15, 0.2) is 6.61 Å². The summed E-state index contributed by atoms with van der Waals surface area (Å²) in [6, 6.07) is 5.78. The number of sulfonamides is 1. The van der Waals surface area contributed by atoms with E-state index in [4.69, 9.17) is 44.7 Å². The van der Waals surface area contributed by atoms with Gasteiger partial charge in [-0.1, -0.05) is 34.8 Å². The molecule has 130 valence electrons. The monoisotopic (exact) mass is 428 g/mol. The van der Waals surface area contributed by atoms with Crippen molar-refractivity contribution in [3.63, 3.8) is 0 Å². The molecule has 2 rings (SSSR count). The van der Waals surface area contributed by atoms with E-state index < -0.39 is 15.9 Å². The van der Waals surface area contributed by atoms with E-state index in [0.717, 1.165) is 11.3 Å². The van der Waals surface area contributed by atoms with Crippen LogP contribution in [0, 0.1) is 0 Å². The van der Waals surface area contributed by atoms with Gasteiger partial charge in [0.05, 0.1) is 21.6 Å². The number of halogens is 3. The van der Waals surface area contributed by atoms with Gasteiger partial charge in [-0.25, -0.2) is 13.6 Å². The summed E-state index contributed by atoms with van der Waals surface area (Å²) in [6.07, 6.45) is 0. The van der Waals surface area contributed by atoms with Crippen molar-refractivity contribution in [2.24, 2.45) is 5.14 Å². The predicted octanol–water partition coefficient (Wildman–Crippen LogP) is 3.05. The molecule has 1 aromatic carbocycles. The molecule has 0 saturated carbocycles. The first kappa shape index (κ1) is 19.3. The van der Waals surface area contributed by atoms with Crippen LogP contribution in [0.2, 0.25) is 15.1 Å². The first-order valence-electron chi connectivity index (χ1n) is 6.32. The molecule has 3 N–H and O–H groups in total. The lowest BCUT2D eigenvalue weighted by molar-refractivity contribution is -0.123. The van der Waals surface area contributed by atoms with E-state index in [9.17, 15) is 13.2 Å². The van der Waals surface area contributed by atoms with Gasteiger partial charge in [-0.3, -0.25) is 4.79 Å². The Labute approximate surface area is 157 Å². The van der Waals surface area contributed by atoms with Crippen LogP contribution in [0.3, 0.4) is 0 Å². The quantitative estimate of drug-likeness (QED) is 0.689. The number of rotatable bonds is 6. The van der Waals surface area contributed by atoms with Gasteiger partial charge in [0.2, 0.25) is 10.0 Å². The van der Waals surface area contributed by atoms with Gasteiger partial charge in [-0.2, -0.15) is 0 Å². The molecule has 0 unspecified atom stereocenters. The van der Waals surface area contributed by atoms with Crippen LogP contribution < -0.4 is 15.2 Å². The lowest BCUT2D eigenvalue weighted by atomic mass is 10.3. The van der Waals surface area contributed by atoms with Crippen molar-refractivity contribution in [3.8, 4) is 5.75 Å². The highest BCUT2D eigenvalue weighted by Crippen LogP contribution is 2.33. The summed E-state index contributed by atoms with van der Waals surface area (Å²) < 4.78 is 27.7. The molecule has 1 heterocycles. The molecular weight excluding hydrogens is 419 g/mol. The molecule has 0 aliphatic heterocycles. The SMILES string of the molecule is NS(=O)(=O)c1ccc(CNC(=O)COc2cc(Cl)c(Cl)cc2Cl)s1. The van der Waals surface area contributed by atoms with E-state index in [0.29, 0.717) is 4.88 Å². The maximum Gasteiger partial charge on any atom is 0.258 e. The number of primary sulfonamides is 1. The van der Waals surface area contributed by atoms with Crippen molar-refractivity contribution >= 4 is 62.1 Å².